The van der Waals surface area contributed by atoms with E-state index in [2.05, 4.69) is 32.0 Å². The molecule has 23 heavy (non-hydrogen) atoms. The number of carbonyl (C=O) groups is 1. The lowest BCUT2D eigenvalue weighted by Gasteiger charge is -2.13. The number of ether oxygens (including phenoxy) is 1. The number of hydrogen-bond donors (Lipinski definition) is 0. The molecule has 2 nitrogen and oxygen atoms in total. The minimum absolute atomic E-state index is 0.216. The van der Waals surface area contributed by atoms with Gasteiger partial charge in [0.05, 0.1) is 5.92 Å². The normalized spacial score (nSPS) is 12.3. The van der Waals surface area contributed by atoms with Crippen molar-refractivity contribution in [1.29, 1.82) is 0 Å². The van der Waals surface area contributed by atoms with Crippen molar-refractivity contribution in [3.8, 4) is 5.75 Å². The Morgan fingerprint density at radius 2 is 1.52 bits per heavy atom. The predicted octanol–water partition coefficient (Wildman–Crippen LogP) is 5.21. The number of benzene rings is 2. The summed E-state index contributed by atoms with van der Waals surface area (Å²) in [6.07, 6.45) is 1.06. The average molecular weight is 310 g/mol. The van der Waals surface area contributed by atoms with Crippen LogP contribution >= 0.6 is 0 Å². The maximum absolute atomic E-state index is 12.4. The lowest BCUT2D eigenvalue weighted by molar-refractivity contribution is -0.135. The molecular formula is C21H26O2. The third kappa shape index (κ3) is 4.95. The van der Waals surface area contributed by atoms with Crippen LogP contribution in [-0.4, -0.2) is 5.97 Å². The largest absolute Gasteiger partial charge is 0.426 e. The van der Waals surface area contributed by atoms with Gasteiger partial charge in [-0.2, -0.15) is 0 Å². The van der Waals surface area contributed by atoms with Crippen molar-refractivity contribution in [2.45, 2.75) is 47.0 Å². The van der Waals surface area contributed by atoms with Crippen molar-refractivity contribution >= 4 is 5.97 Å². The predicted molar refractivity (Wildman–Crippen MR) is 95.0 cm³/mol. The molecule has 0 aromatic heterocycles. The quantitative estimate of drug-likeness (QED) is 0.559. The van der Waals surface area contributed by atoms with E-state index < -0.39 is 0 Å². The highest BCUT2D eigenvalue weighted by Gasteiger charge is 2.18. The third-order valence-electron chi connectivity index (χ3n) is 3.89. The Balaban J connectivity index is 2.06. The Bertz CT molecular complexity index is 648. The van der Waals surface area contributed by atoms with Gasteiger partial charge in [0.2, 0.25) is 0 Å². The van der Waals surface area contributed by atoms with Gasteiger partial charge in [-0.25, -0.2) is 0 Å². The van der Waals surface area contributed by atoms with Crippen molar-refractivity contribution in [2.24, 2.45) is 5.92 Å². The zero-order valence-corrected chi connectivity index (χ0v) is 14.7. The van der Waals surface area contributed by atoms with Crippen molar-refractivity contribution in [2.75, 3.05) is 0 Å². The summed E-state index contributed by atoms with van der Waals surface area (Å²) in [4.78, 5) is 12.4. The van der Waals surface area contributed by atoms with Gasteiger partial charge < -0.3 is 4.74 Å². The number of aryl methyl sites for hydroxylation is 2. The van der Waals surface area contributed by atoms with Crippen LogP contribution in [0.1, 0.15) is 48.9 Å². The molecule has 122 valence electrons. The molecule has 0 amide bonds. The molecule has 2 aromatic carbocycles. The minimum atomic E-state index is -0.274. The van der Waals surface area contributed by atoms with Crippen LogP contribution in [0.2, 0.25) is 0 Å². The highest BCUT2D eigenvalue weighted by atomic mass is 16.5. The molecule has 0 aliphatic carbocycles. The van der Waals surface area contributed by atoms with Gasteiger partial charge in [0, 0.05) is 0 Å². The van der Waals surface area contributed by atoms with Crippen LogP contribution in [-0.2, 0) is 11.2 Å². The Hall–Kier alpha value is -2.09. The minimum Gasteiger partial charge on any atom is -0.426 e. The van der Waals surface area contributed by atoms with E-state index in [9.17, 15) is 4.79 Å². The Labute approximate surface area is 139 Å². The summed E-state index contributed by atoms with van der Waals surface area (Å²) < 4.78 is 5.55. The molecule has 0 bridgehead atoms. The Kier molecular flexibility index (Phi) is 5.59. The van der Waals surface area contributed by atoms with Crippen LogP contribution in [0.5, 0.6) is 5.75 Å². The molecule has 2 heteroatoms. The van der Waals surface area contributed by atoms with E-state index in [1.807, 2.05) is 45.0 Å². The van der Waals surface area contributed by atoms with Crippen LogP contribution in [0.15, 0.2) is 42.5 Å². The topological polar surface area (TPSA) is 26.3 Å². The molecule has 0 spiro atoms. The van der Waals surface area contributed by atoms with Crippen LogP contribution in [0.4, 0.5) is 0 Å². The van der Waals surface area contributed by atoms with Gasteiger partial charge in [-0.1, -0.05) is 44.2 Å². The Morgan fingerprint density at radius 1 is 0.957 bits per heavy atom. The molecule has 0 unspecified atom stereocenters. The van der Waals surface area contributed by atoms with Gasteiger partial charge in [-0.05, 0) is 67.5 Å². The van der Waals surface area contributed by atoms with Gasteiger partial charge in [0.15, 0.2) is 0 Å². The van der Waals surface area contributed by atoms with Crippen LogP contribution in [0.25, 0.3) is 0 Å². The van der Waals surface area contributed by atoms with E-state index >= 15 is 0 Å². The maximum atomic E-state index is 12.4. The average Bonchev–Trinajstić information content (AvgIpc) is 2.45. The maximum Gasteiger partial charge on any atom is 0.318 e. The van der Waals surface area contributed by atoms with Gasteiger partial charge in [0.1, 0.15) is 5.75 Å². The fourth-order valence-electron chi connectivity index (χ4n) is 2.75. The molecular weight excluding hydrogens is 284 g/mol. The lowest BCUT2D eigenvalue weighted by atomic mass is 9.97. The van der Waals surface area contributed by atoms with Crippen molar-refractivity contribution in [3.63, 3.8) is 0 Å². The zero-order valence-electron chi connectivity index (χ0n) is 14.7. The molecule has 0 aliphatic rings. The number of carbonyl (C=O) groups excluding carboxylic acids is 1. The van der Waals surface area contributed by atoms with Crippen molar-refractivity contribution < 1.29 is 9.53 Å². The first-order valence-corrected chi connectivity index (χ1v) is 8.24. The molecule has 2 aromatic rings. The molecule has 0 heterocycles. The van der Waals surface area contributed by atoms with Crippen molar-refractivity contribution in [1.82, 2.24) is 0 Å². The van der Waals surface area contributed by atoms with E-state index in [-0.39, 0.29) is 11.9 Å². The summed E-state index contributed by atoms with van der Waals surface area (Å²) in [5, 5.41) is 0. The summed E-state index contributed by atoms with van der Waals surface area (Å²) >= 11 is 0. The second kappa shape index (κ2) is 7.45. The zero-order chi connectivity index (χ0) is 17.0. The molecule has 1 atom stereocenters. The first-order valence-electron chi connectivity index (χ1n) is 8.24. The van der Waals surface area contributed by atoms with E-state index in [0.29, 0.717) is 11.7 Å². The van der Waals surface area contributed by atoms with E-state index in [1.54, 1.807) is 0 Å². The summed E-state index contributed by atoms with van der Waals surface area (Å²) in [7, 11) is 0. The summed E-state index contributed by atoms with van der Waals surface area (Å²) in [6, 6.07) is 14.1. The van der Waals surface area contributed by atoms with Gasteiger partial charge >= 0.3 is 5.97 Å². The molecule has 2 rings (SSSR count). The van der Waals surface area contributed by atoms with Crippen LogP contribution in [0.3, 0.4) is 0 Å². The Morgan fingerprint density at radius 3 is 2.04 bits per heavy atom. The molecule has 0 saturated heterocycles. The molecule has 0 N–H and O–H groups in total. The molecule has 0 fully saturated rings. The first kappa shape index (κ1) is 17.3. The summed E-state index contributed by atoms with van der Waals surface area (Å²) in [6.45, 7) is 10.3. The van der Waals surface area contributed by atoms with E-state index in [4.69, 9.17) is 4.74 Å². The van der Waals surface area contributed by atoms with Gasteiger partial charge in [-0.3, -0.25) is 4.79 Å². The lowest BCUT2D eigenvalue weighted by Crippen LogP contribution is -2.16. The summed E-state index contributed by atoms with van der Waals surface area (Å²) in [5.74, 6) is 0.763. The molecule has 0 radical (unpaired) electrons. The first-order chi connectivity index (χ1) is 10.8. The monoisotopic (exact) mass is 310 g/mol. The number of esters is 1. The van der Waals surface area contributed by atoms with E-state index in [0.717, 1.165) is 23.1 Å². The van der Waals surface area contributed by atoms with Crippen molar-refractivity contribution in [3.05, 3.63) is 64.7 Å². The van der Waals surface area contributed by atoms with Crippen LogP contribution < -0.4 is 4.74 Å². The fraction of sp³-hybridized carbons (Fsp3) is 0.381. The van der Waals surface area contributed by atoms with E-state index in [1.165, 1.54) is 5.56 Å². The smallest absolute Gasteiger partial charge is 0.318 e. The standard InChI is InChI=1S/C21H26O2/c1-14(2)10-18-6-8-19(9-7-18)17(5)21(22)23-20-12-15(3)11-16(4)13-20/h6-9,11-14,17H,10H2,1-5H3/t17-/m0/s1. The molecule has 0 saturated carbocycles. The fourth-order valence-corrected chi connectivity index (χ4v) is 2.75. The molecule has 0 aliphatic heterocycles. The number of hydrogen-bond acceptors (Lipinski definition) is 2. The summed E-state index contributed by atoms with van der Waals surface area (Å²) in [5.41, 5.74) is 4.49. The van der Waals surface area contributed by atoms with Crippen LogP contribution in [0, 0.1) is 19.8 Å². The highest BCUT2D eigenvalue weighted by molar-refractivity contribution is 5.80. The number of rotatable bonds is 5. The third-order valence-corrected chi connectivity index (χ3v) is 3.89. The van der Waals surface area contributed by atoms with Gasteiger partial charge in [-0.15, -0.1) is 0 Å². The second-order valence-electron chi connectivity index (χ2n) is 6.81. The second-order valence-corrected chi connectivity index (χ2v) is 6.81. The SMILES string of the molecule is Cc1cc(C)cc(OC(=O)[C@@H](C)c2ccc(CC(C)C)cc2)c1. The highest BCUT2D eigenvalue weighted by Crippen LogP contribution is 2.22. The van der Waals surface area contributed by atoms with Gasteiger partial charge in [0.25, 0.3) is 0 Å².